The average molecular weight is 433 g/mol. The predicted molar refractivity (Wildman–Crippen MR) is 92.6 cm³/mol. The summed E-state index contributed by atoms with van der Waals surface area (Å²) in [6.07, 6.45) is 6.22. The molecule has 1 amide bonds. The van der Waals surface area contributed by atoms with Gasteiger partial charge in [0.15, 0.2) is 0 Å². The third-order valence-electron chi connectivity index (χ3n) is 3.72. The molecule has 0 aromatic carbocycles. The molecule has 0 aliphatic carbocycles. The number of rotatable bonds is 10. The normalized spacial score (nSPS) is 11.2. The lowest BCUT2D eigenvalue weighted by atomic mass is 9.99. The highest BCUT2D eigenvalue weighted by atomic mass is 79.9. The average Bonchev–Trinajstić information content (AvgIpc) is 2.42. The Balaban J connectivity index is -0.000000639. The Bertz CT molecular complexity index is 376. The first-order chi connectivity index (χ1) is 10.4. The van der Waals surface area contributed by atoms with Gasteiger partial charge in [-0.25, -0.2) is 4.57 Å². The van der Waals surface area contributed by atoms with Gasteiger partial charge in [0.2, 0.25) is 5.91 Å². The van der Waals surface area contributed by atoms with Crippen LogP contribution in [0.3, 0.4) is 0 Å². The molecule has 0 unspecified atom stereocenters. The second-order valence-corrected chi connectivity index (χ2v) is 7.24. The summed E-state index contributed by atoms with van der Waals surface area (Å²) in [5.74, 6) is 0.792. The van der Waals surface area contributed by atoms with Crippen LogP contribution in [0.25, 0.3) is 0 Å². The topological polar surface area (TPSA) is 107 Å². The van der Waals surface area contributed by atoms with E-state index in [2.05, 4.69) is 39.8 Å². The summed E-state index contributed by atoms with van der Waals surface area (Å²) in [7, 11) is -0.0879. The molecule has 0 aliphatic heterocycles. The molecular weight excluding hydrogens is 399 g/mol. The van der Waals surface area contributed by atoms with Crippen molar-refractivity contribution in [2.75, 3.05) is 33.7 Å². The fourth-order valence-corrected chi connectivity index (χ4v) is 2.13. The van der Waals surface area contributed by atoms with E-state index in [0.717, 1.165) is 29.9 Å². The van der Waals surface area contributed by atoms with Crippen molar-refractivity contribution in [1.29, 1.82) is 0 Å². The Hall–Kier alpha value is -0.240. The van der Waals surface area contributed by atoms with Gasteiger partial charge in [-0.15, -0.1) is 0 Å². The minimum absolute atomic E-state index is 0. The summed E-state index contributed by atoms with van der Waals surface area (Å²) < 4.78 is 9.92. The van der Waals surface area contributed by atoms with Crippen LogP contribution in [-0.2, 0) is 9.36 Å². The number of carbonyl (C=O) groups is 1. The van der Waals surface area contributed by atoms with Gasteiger partial charge in [-0.1, -0.05) is 33.3 Å². The zero-order valence-corrected chi connectivity index (χ0v) is 17.7. The highest BCUT2D eigenvalue weighted by Crippen LogP contribution is 2.25. The minimum atomic E-state index is -4.64. The molecule has 0 bridgehead atoms. The minimum Gasteiger partial charge on any atom is -1.00 e. The van der Waals surface area contributed by atoms with Crippen LogP contribution < -0.4 is 22.3 Å². The Morgan fingerprint density at radius 3 is 2.04 bits per heavy atom. The van der Waals surface area contributed by atoms with E-state index in [-0.39, 0.29) is 22.9 Å². The Labute approximate surface area is 156 Å². The largest absolute Gasteiger partial charge is 1.00 e. The highest BCUT2D eigenvalue weighted by Gasteiger charge is 2.16. The molecular formula is C15H34BrN2O5P. The molecule has 24 heavy (non-hydrogen) atoms. The molecule has 0 spiro atoms. The molecule has 9 heteroatoms. The van der Waals surface area contributed by atoms with Crippen molar-refractivity contribution in [3.8, 4) is 0 Å². The lowest BCUT2D eigenvalue weighted by molar-refractivity contribution is -0.891. The second kappa shape index (κ2) is 15.0. The van der Waals surface area contributed by atoms with Gasteiger partial charge in [-0.05, 0) is 18.4 Å². The van der Waals surface area contributed by atoms with Gasteiger partial charge in [0.25, 0.3) is 0 Å². The number of carbonyl (C=O) groups excluding carboxylic acids is 1. The van der Waals surface area contributed by atoms with Gasteiger partial charge in [0.1, 0.15) is 0 Å². The SMILES string of the molecule is C=CC(=O)NCCC[N+](C)(C)CCC(CC)CC.O=P(O)(O)O.[Br-]. The van der Waals surface area contributed by atoms with Gasteiger partial charge in [-0.2, -0.15) is 0 Å². The van der Waals surface area contributed by atoms with Gasteiger partial charge in [-0.3, -0.25) is 4.79 Å². The first-order valence-electron chi connectivity index (χ1n) is 7.95. The van der Waals surface area contributed by atoms with E-state index in [0.29, 0.717) is 0 Å². The van der Waals surface area contributed by atoms with Crippen molar-refractivity contribution >= 4 is 13.7 Å². The van der Waals surface area contributed by atoms with E-state index in [1.807, 2.05) is 0 Å². The number of nitrogens with one attached hydrogen (secondary N) is 1. The monoisotopic (exact) mass is 432 g/mol. The molecule has 0 aliphatic rings. The molecule has 0 aromatic heterocycles. The van der Waals surface area contributed by atoms with Crippen molar-refractivity contribution in [3.63, 3.8) is 0 Å². The van der Waals surface area contributed by atoms with Crippen LogP contribution in [0.4, 0.5) is 0 Å². The van der Waals surface area contributed by atoms with Gasteiger partial charge in [0, 0.05) is 13.0 Å². The number of nitrogens with zero attached hydrogens (tertiary/aromatic N) is 1. The molecule has 146 valence electrons. The molecule has 0 radical (unpaired) electrons. The van der Waals surface area contributed by atoms with Crippen molar-refractivity contribution < 1.29 is 45.5 Å². The fraction of sp³-hybridized carbons (Fsp3) is 0.800. The van der Waals surface area contributed by atoms with Crippen LogP contribution in [0.5, 0.6) is 0 Å². The van der Waals surface area contributed by atoms with Crippen LogP contribution in [0.1, 0.15) is 39.5 Å². The first kappa shape index (κ1) is 28.6. The smallest absolute Gasteiger partial charge is 0.466 e. The summed E-state index contributed by atoms with van der Waals surface area (Å²) in [6, 6.07) is 0. The summed E-state index contributed by atoms with van der Waals surface area (Å²) in [5, 5.41) is 2.83. The second-order valence-electron chi connectivity index (χ2n) is 6.22. The third-order valence-corrected chi connectivity index (χ3v) is 3.72. The van der Waals surface area contributed by atoms with E-state index < -0.39 is 7.82 Å². The maximum Gasteiger partial charge on any atom is 0.466 e. The molecule has 0 fully saturated rings. The van der Waals surface area contributed by atoms with Crippen LogP contribution in [-0.4, -0.2) is 58.8 Å². The number of halogens is 1. The van der Waals surface area contributed by atoms with E-state index in [4.69, 9.17) is 19.2 Å². The predicted octanol–water partition coefficient (Wildman–Crippen LogP) is -1.34. The standard InChI is InChI=1S/C15H30N2O.BrH.H3O4P/c1-6-14(7-2)10-13-17(4,5)12-9-11-16-15(18)8-3;;1-5(2,3)4/h8,14H,3,6-7,9-13H2,1-2,4-5H3;1H;(H3,1,2,3,4). The third kappa shape index (κ3) is 24.0. The Kier molecular flexibility index (Phi) is 17.9. The molecule has 0 rings (SSSR count). The van der Waals surface area contributed by atoms with Crippen LogP contribution in [0, 0.1) is 5.92 Å². The maximum absolute atomic E-state index is 11.0. The zero-order chi connectivity index (χ0) is 18.5. The first-order valence-corrected chi connectivity index (χ1v) is 9.52. The van der Waals surface area contributed by atoms with Crippen molar-refractivity contribution in [1.82, 2.24) is 5.32 Å². The van der Waals surface area contributed by atoms with Crippen molar-refractivity contribution in [2.45, 2.75) is 39.5 Å². The highest BCUT2D eigenvalue weighted by molar-refractivity contribution is 7.45. The zero-order valence-electron chi connectivity index (χ0n) is 15.2. The molecule has 7 nitrogen and oxygen atoms in total. The van der Waals surface area contributed by atoms with Gasteiger partial charge < -0.3 is 41.5 Å². The van der Waals surface area contributed by atoms with Crippen LogP contribution in [0.2, 0.25) is 0 Å². The lowest BCUT2D eigenvalue weighted by Gasteiger charge is -2.31. The molecule has 0 heterocycles. The Morgan fingerprint density at radius 1 is 1.21 bits per heavy atom. The molecule has 4 N–H and O–H groups in total. The fourth-order valence-electron chi connectivity index (χ4n) is 2.13. The number of quaternary nitrogens is 1. The summed E-state index contributed by atoms with van der Waals surface area (Å²) in [4.78, 5) is 32.6. The van der Waals surface area contributed by atoms with E-state index in [1.54, 1.807) is 0 Å². The molecule has 0 saturated carbocycles. The van der Waals surface area contributed by atoms with Crippen molar-refractivity contribution in [3.05, 3.63) is 12.7 Å². The van der Waals surface area contributed by atoms with Crippen LogP contribution in [0.15, 0.2) is 12.7 Å². The molecule has 0 aromatic rings. The molecule has 0 atom stereocenters. The molecule has 0 saturated heterocycles. The van der Waals surface area contributed by atoms with Crippen molar-refractivity contribution in [2.24, 2.45) is 5.92 Å². The van der Waals surface area contributed by atoms with Gasteiger partial charge >= 0.3 is 7.82 Å². The number of amides is 1. The van der Waals surface area contributed by atoms with E-state index >= 15 is 0 Å². The maximum atomic E-state index is 11.0. The van der Waals surface area contributed by atoms with E-state index in [1.165, 1.54) is 31.9 Å². The Morgan fingerprint density at radius 2 is 1.67 bits per heavy atom. The lowest BCUT2D eigenvalue weighted by Crippen LogP contribution is -3.00. The quantitative estimate of drug-likeness (QED) is 0.148. The van der Waals surface area contributed by atoms with E-state index in [9.17, 15) is 4.79 Å². The summed E-state index contributed by atoms with van der Waals surface area (Å²) >= 11 is 0. The number of hydrogen-bond donors (Lipinski definition) is 4. The van der Waals surface area contributed by atoms with Crippen LogP contribution >= 0.6 is 7.82 Å². The number of hydrogen-bond acceptors (Lipinski definition) is 2. The van der Waals surface area contributed by atoms with Gasteiger partial charge in [0.05, 0.1) is 27.2 Å². The summed E-state index contributed by atoms with van der Waals surface area (Å²) in [6.45, 7) is 11.1. The number of phosphoric acid groups is 1. The summed E-state index contributed by atoms with van der Waals surface area (Å²) in [5.41, 5.74) is 0.